The summed E-state index contributed by atoms with van der Waals surface area (Å²) in [6.07, 6.45) is 2.05. The van der Waals surface area contributed by atoms with Gasteiger partial charge in [0.05, 0.1) is 4.90 Å². The lowest BCUT2D eigenvalue weighted by molar-refractivity contribution is 0.550. The van der Waals surface area contributed by atoms with Gasteiger partial charge in [0.2, 0.25) is 10.0 Å². The summed E-state index contributed by atoms with van der Waals surface area (Å²) in [6.45, 7) is 4.52. The molecule has 2 N–H and O–H groups in total. The molecular weight excluding hydrogens is 267 g/mol. The van der Waals surface area contributed by atoms with Crippen molar-refractivity contribution < 1.29 is 12.8 Å². The Kier molecular flexibility index (Phi) is 4.23. The molecule has 106 valence electrons. The van der Waals surface area contributed by atoms with Gasteiger partial charge >= 0.3 is 0 Å². The summed E-state index contributed by atoms with van der Waals surface area (Å²) >= 11 is 0. The number of sulfonamides is 1. The zero-order chi connectivity index (χ0) is 14.0. The molecule has 1 aliphatic heterocycles. The van der Waals surface area contributed by atoms with Crippen molar-refractivity contribution in [3.05, 3.63) is 29.1 Å². The van der Waals surface area contributed by atoms with Crippen molar-refractivity contribution in [3.8, 4) is 0 Å². The minimum absolute atomic E-state index is 0.187. The van der Waals surface area contributed by atoms with Crippen LogP contribution in [-0.2, 0) is 10.0 Å². The van der Waals surface area contributed by atoms with Gasteiger partial charge in [-0.25, -0.2) is 17.5 Å². The second kappa shape index (κ2) is 5.56. The second-order valence-corrected chi connectivity index (χ2v) is 6.72. The van der Waals surface area contributed by atoms with E-state index >= 15 is 0 Å². The molecule has 0 aliphatic carbocycles. The first kappa shape index (κ1) is 14.4. The Hall–Kier alpha value is -0.980. The smallest absolute Gasteiger partial charge is 0.241 e. The standard InChI is InChI=1S/C13H19FN2O2S/c1-9-6-11(14)7-10(2)13(9)19(17,18)16-8-12-4-3-5-15-12/h6-7,12,15-16H,3-5,8H2,1-2H3. The maximum Gasteiger partial charge on any atom is 0.241 e. The Labute approximate surface area is 113 Å². The number of hydrogen-bond donors (Lipinski definition) is 2. The van der Waals surface area contributed by atoms with Crippen molar-refractivity contribution in [2.45, 2.75) is 37.6 Å². The van der Waals surface area contributed by atoms with Crippen molar-refractivity contribution in [3.63, 3.8) is 0 Å². The molecule has 0 saturated carbocycles. The highest BCUT2D eigenvalue weighted by Crippen LogP contribution is 2.21. The van der Waals surface area contributed by atoms with Crippen molar-refractivity contribution in [1.82, 2.24) is 10.0 Å². The van der Waals surface area contributed by atoms with Crippen LogP contribution in [0, 0.1) is 19.7 Å². The average Bonchev–Trinajstić information content (AvgIpc) is 2.77. The van der Waals surface area contributed by atoms with Crippen LogP contribution in [0.15, 0.2) is 17.0 Å². The summed E-state index contributed by atoms with van der Waals surface area (Å²) in [5, 5.41) is 3.23. The molecule has 0 spiro atoms. The first-order chi connectivity index (χ1) is 8.90. The normalized spacial score (nSPS) is 19.8. The molecule has 1 heterocycles. The number of nitrogens with one attached hydrogen (secondary N) is 2. The van der Waals surface area contributed by atoms with E-state index in [2.05, 4.69) is 10.0 Å². The molecule has 4 nitrogen and oxygen atoms in total. The molecular formula is C13H19FN2O2S. The number of aryl methyl sites for hydroxylation is 2. The first-order valence-corrected chi connectivity index (χ1v) is 7.88. The summed E-state index contributed by atoms with van der Waals surface area (Å²) in [4.78, 5) is 0.187. The summed E-state index contributed by atoms with van der Waals surface area (Å²) in [5.74, 6) is -0.411. The molecule has 0 bridgehead atoms. The number of halogens is 1. The molecule has 1 aromatic carbocycles. The molecule has 6 heteroatoms. The summed E-state index contributed by atoms with van der Waals surface area (Å²) in [5.41, 5.74) is 0.869. The molecule has 1 aromatic rings. The SMILES string of the molecule is Cc1cc(F)cc(C)c1S(=O)(=O)NCC1CCCN1. The lowest BCUT2D eigenvalue weighted by atomic mass is 10.1. The Morgan fingerprint density at radius 3 is 2.53 bits per heavy atom. The number of rotatable bonds is 4. The molecule has 0 aromatic heterocycles. The second-order valence-electron chi connectivity index (χ2n) is 5.01. The third-order valence-corrected chi connectivity index (χ3v) is 5.10. The largest absolute Gasteiger partial charge is 0.313 e. The first-order valence-electron chi connectivity index (χ1n) is 6.40. The Balaban J connectivity index is 2.19. The molecule has 1 saturated heterocycles. The topological polar surface area (TPSA) is 58.2 Å². The van der Waals surface area contributed by atoms with E-state index in [1.54, 1.807) is 13.8 Å². The lowest BCUT2D eigenvalue weighted by Crippen LogP contribution is -2.37. The Morgan fingerprint density at radius 1 is 1.37 bits per heavy atom. The lowest BCUT2D eigenvalue weighted by Gasteiger charge is -2.15. The van der Waals surface area contributed by atoms with Crippen LogP contribution in [0.2, 0.25) is 0 Å². The minimum Gasteiger partial charge on any atom is -0.313 e. The van der Waals surface area contributed by atoms with Gasteiger partial charge in [0, 0.05) is 12.6 Å². The van der Waals surface area contributed by atoms with Crippen molar-refractivity contribution in [2.24, 2.45) is 0 Å². The van der Waals surface area contributed by atoms with Gasteiger partial charge in [0.25, 0.3) is 0 Å². The molecule has 0 amide bonds. The highest BCUT2D eigenvalue weighted by molar-refractivity contribution is 7.89. The van der Waals surface area contributed by atoms with Crippen LogP contribution >= 0.6 is 0 Å². The third kappa shape index (κ3) is 3.32. The van der Waals surface area contributed by atoms with Crippen LogP contribution in [-0.4, -0.2) is 27.5 Å². The van der Waals surface area contributed by atoms with Crippen LogP contribution in [0.4, 0.5) is 4.39 Å². The molecule has 1 fully saturated rings. The van der Waals surface area contributed by atoms with Gasteiger partial charge in [-0.05, 0) is 56.5 Å². The van der Waals surface area contributed by atoms with E-state index < -0.39 is 15.8 Å². The van der Waals surface area contributed by atoms with Crippen LogP contribution < -0.4 is 10.0 Å². The maximum atomic E-state index is 13.2. The highest BCUT2D eigenvalue weighted by atomic mass is 32.2. The average molecular weight is 286 g/mol. The predicted octanol–water partition coefficient (Wildman–Crippen LogP) is 1.47. The molecule has 1 atom stereocenters. The van der Waals surface area contributed by atoms with Crippen molar-refractivity contribution >= 4 is 10.0 Å². The van der Waals surface area contributed by atoms with Gasteiger partial charge in [-0.3, -0.25) is 0 Å². The monoisotopic (exact) mass is 286 g/mol. The molecule has 2 rings (SSSR count). The maximum absolute atomic E-state index is 13.2. The van der Waals surface area contributed by atoms with Gasteiger partial charge < -0.3 is 5.32 Å². The molecule has 19 heavy (non-hydrogen) atoms. The van der Waals surface area contributed by atoms with Crippen LogP contribution in [0.1, 0.15) is 24.0 Å². The van der Waals surface area contributed by atoms with Gasteiger partial charge in [-0.15, -0.1) is 0 Å². The van der Waals surface area contributed by atoms with Crippen LogP contribution in [0.5, 0.6) is 0 Å². The fraction of sp³-hybridized carbons (Fsp3) is 0.538. The number of benzene rings is 1. The van der Waals surface area contributed by atoms with E-state index in [0.717, 1.165) is 19.4 Å². The predicted molar refractivity (Wildman–Crippen MR) is 72.1 cm³/mol. The van der Waals surface area contributed by atoms with Gasteiger partial charge in [-0.2, -0.15) is 0 Å². The van der Waals surface area contributed by atoms with Gasteiger partial charge in [0.15, 0.2) is 0 Å². The van der Waals surface area contributed by atoms with E-state index in [0.29, 0.717) is 17.7 Å². The fourth-order valence-corrected chi connectivity index (χ4v) is 4.07. The third-order valence-electron chi connectivity index (χ3n) is 3.38. The van der Waals surface area contributed by atoms with Gasteiger partial charge in [0.1, 0.15) is 5.82 Å². The summed E-state index contributed by atoms with van der Waals surface area (Å²) < 4.78 is 40.4. The van der Waals surface area contributed by atoms with Crippen LogP contribution in [0.25, 0.3) is 0 Å². The van der Waals surface area contributed by atoms with E-state index in [-0.39, 0.29) is 10.9 Å². The van der Waals surface area contributed by atoms with E-state index in [4.69, 9.17) is 0 Å². The highest BCUT2D eigenvalue weighted by Gasteiger charge is 2.22. The molecule has 1 unspecified atom stereocenters. The van der Waals surface area contributed by atoms with Crippen molar-refractivity contribution in [2.75, 3.05) is 13.1 Å². The van der Waals surface area contributed by atoms with E-state index in [1.807, 2.05) is 0 Å². The quantitative estimate of drug-likeness (QED) is 0.881. The zero-order valence-electron chi connectivity index (χ0n) is 11.2. The Bertz CT molecular complexity index is 543. The summed E-state index contributed by atoms with van der Waals surface area (Å²) in [7, 11) is -3.58. The van der Waals surface area contributed by atoms with E-state index in [9.17, 15) is 12.8 Å². The van der Waals surface area contributed by atoms with Crippen LogP contribution in [0.3, 0.4) is 0 Å². The molecule has 1 aliphatic rings. The van der Waals surface area contributed by atoms with Gasteiger partial charge in [-0.1, -0.05) is 0 Å². The zero-order valence-corrected chi connectivity index (χ0v) is 12.0. The Morgan fingerprint density at radius 2 is 2.00 bits per heavy atom. The minimum atomic E-state index is -3.58. The van der Waals surface area contributed by atoms with Crippen molar-refractivity contribution in [1.29, 1.82) is 0 Å². The van der Waals surface area contributed by atoms with E-state index in [1.165, 1.54) is 12.1 Å². The fourth-order valence-electron chi connectivity index (χ4n) is 2.53. The number of hydrogen-bond acceptors (Lipinski definition) is 3. The summed E-state index contributed by atoms with van der Waals surface area (Å²) in [6, 6.07) is 2.68. The molecule has 0 radical (unpaired) electrons.